The van der Waals surface area contributed by atoms with Gasteiger partial charge in [0.1, 0.15) is 18.2 Å². The van der Waals surface area contributed by atoms with Crippen molar-refractivity contribution in [2.45, 2.75) is 6.61 Å². The van der Waals surface area contributed by atoms with Gasteiger partial charge in [0, 0.05) is 16.3 Å². The lowest BCUT2D eigenvalue weighted by Crippen LogP contribution is -2.16. The number of benzene rings is 1. The van der Waals surface area contributed by atoms with Crippen LogP contribution in [0.4, 0.5) is 10.5 Å². The quantitative estimate of drug-likeness (QED) is 0.478. The summed E-state index contributed by atoms with van der Waals surface area (Å²) in [4.78, 5) is 41.1. The summed E-state index contributed by atoms with van der Waals surface area (Å²) < 4.78 is 10.4. The van der Waals surface area contributed by atoms with Gasteiger partial charge in [-0.05, 0) is 6.07 Å². The van der Waals surface area contributed by atoms with Crippen LogP contribution >= 0.6 is 11.3 Å². The molecule has 0 unspecified atom stereocenters. The van der Waals surface area contributed by atoms with Gasteiger partial charge in [-0.15, -0.1) is 11.3 Å². The molecular weight excluding hydrogens is 402 g/mol. The normalized spacial score (nSPS) is 10.4. The number of hydrogen-bond donors (Lipinski definition) is 4. The van der Waals surface area contributed by atoms with Crippen molar-refractivity contribution in [2.24, 2.45) is 0 Å². The smallest absolute Gasteiger partial charge is 0.412 e. The number of carboxylic acids is 1. The van der Waals surface area contributed by atoms with E-state index in [1.54, 1.807) is 35.0 Å². The molecule has 0 spiro atoms. The van der Waals surface area contributed by atoms with E-state index in [1.165, 1.54) is 18.4 Å². The molecule has 0 saturated heterocycles. The molecular formula is C18H15N3O7S. The number of carboxylic acid groups (broad SMARTS) is 1. The van der Waals surface area contributed by atoms with E-state index in [9.17, 15) is 19.5 Å². The minimum atomic E-state index is -1.56. The number of rotatable bonds is 6. The van der Waals surface area contributed by atoms with Gasteiger partial charge in [-0.25, -0.2) is 14.6 Å². The summed E-state index contributed by atoms with van der Waals surface area (Å²) in [6, 6.07) is 7.06. The number of carbonyl (C=O) groups is 2. The van der Waals surface area contributed by atoms with Gasteiger partial charge in [0.2, 0.25) is 5.75 Å². The standard InChI is InChI=1S/C18H15N3O7S/c1-27-12-5-3-2-4-9(12)6-28-18(26)19-11-8-29-7-10(11)15-20-13(17(24)25)14(22)16(23)21-15/h2-5,7-8,22H,6H2,1H3,(H,19,26)(H,24,25)(H,20,21,23). The van der Waals surface area contributed by atoms with Crippen molar-refractivity contribution in [3.63, 3.8) is 0 Å². The van der Waals surface area contributed by atoms with Crippen molar-refractivity contribution >= 4 is 29.1 Å². The zero-order chi connectivity index (χ0) is 21.0. The molecule has 11 heteroatoms. The Morgan fingerprint density at radius 3 is 2.76 bits per heavy atom. The van der Waals surface area contributed by atoms with E-state index in [1.807, 2.05) is 0 Å². The van der Waals surface area contributed by atoms with Crippen molar-refractivity contribution in [3.8, 4) is 22.9 Å². The molecule has 0 aliphatic rings. The number of nitrogens with one attached hydrogen (secondary N) is 2. The van der Waals surface area contributed by atoms with Crippen molar-refractivity contribution in [1.82, 2.24) is 9.97 Å². The minimum absolute atomic E-state index is 0.0349. The van der Waals surface area contributed by atoms with Gasteiger partial charge in [-0.2, -0.15) is 0 Å². The lowest BCUT2D eigenvalue weighted by Gasteiger charge is -2.10. The lowest BCUT2D eigenvalue weighted by molar-refractivity contribution is 0.0686. The first-order valence-electron chi connectivity index (χ1n) is 8.09. The highest BCUT2D eigenvalue weighted by molar-refractivity contribution is 7.08. The molecule has 0 aliphatic heterocycles. The minimum Gasteiger partial charge on any atom is -0.501 e. The number of hydrogen-bond acceptors (Lipinski definition) is 8. The number of para-hydroxylation sites is 1. The first-order chi connectivity index (χ1) is 13.9. The predicted molar refractivity (Wildman–Crippen MR) is 104 cm³/mol. The molecule has 4 N–H and O–H groups in total. The van der Waals surface area contributed by atoms with Gasteiger partial charge in [0.25, 0.3) is 5.56 Å². The van der Waals surface area contributed by atoms with Crippen LogP contribution in [0.5, 0.6) is 11.5 Å². The van der Waals surface area contributed by atoms with Crippen LogP contribution in [0.15, 0.2) is 39.8 Å². The Balaban J connectivity index is 1.78. The van der Waals surface area contributed by atoms with Crippen LogP contribution in [0.3, 0.4) is 0 Å². The number of thiophene rings is 1. The molecule has 0 aliphatic carbocycles. The van der Waals surface area contributed by atoms with Crippen LogP contribution in [0.25, 0.3) is 11.4 Å². The highest BCUT2D eigenvalue weighted by Gasteiger charge is 2.20. The topological polar surface area (TPSA) is 151 Å². The second kappa shape index (κ2) is 8.44. The SMILES string of the molecule is COc1ccccc1COC(=O)Nc1cscc1-c1nc(C(=O)O)c(O)c(=O)[nH]1. The molecule has 3 rings (SSSR count). The second-order valence-electron chi connectivity index (χ2n) is 5.63. The van der Waals surface area contributed by atoms with Crippen molar-refractivity contribution in [1.29, 1.82) is 0 Å². The number of ether oxygens (including phenoxy) is 2. The largest absolute Gasteiger partial charge is 0.501 e. The fourth-order valence-electron chi connectivity index (χ4n) is 2.43. The van der Waals surface area contributed by atoms with Gasteiger partial charge < -0.3 is 24.7 Å². The number of methoxy groups -OCH3 is 1. The number of aromatic amines is 1. The maximum absolute atomic E-state index is 12.2. The molecule has 10 nitrogen and oxygen atoms in total. The number of aromatic carboxylic acids is 1. The van der Waals surface area contributed by atoms with Crippen molar-refractivity contribution in [2.75, 3.05) is 12.4 Å². The average Bonchev–Trinajstić information content (AvgIpc) is 3.16. The van der Waals surface area contributed by atoms with Gasteiger partial charge in [-0.3, -0.25) is 10.1 Å². The van der Waals surface area contributed by atoms with Crippen LogP contribution in [-0.2, 0) is 11.3 Å². The monoisotopic (exact) mass is 417 g/mol. The van der Waals surface area contributed by atoms with Crippen LogP contribution in [-0.4, -0.2) is 39.4 Å². The molecule has 2 heterocycles. The number of nitrogens with zero attached hydrogens (tertiary/aromatic N) is 1. The molecule has 0 radical (unpaired) electrons. The number of carbonyl (C=O) groups excluding carboxylic acids is 1. The number of aromatic nitrogens is 2. The molecule has 0 fully saturated rings. The maximum atomic E-state index is 12.2. The highest BCUT2D eigenvalue weighted by atomic mass is 32.1. The maximum Gasteiger partial charge on any atom is 0.412 e. The van der Waals surface area contributed by atoms with E-state index in [4.69, 9.17) is 14.6 Å². The average molecular weight is 417 g/mol. The van der Waals surface area contributed by atoms with Crippen LogP contribution in [0.1, 0.15) is 16.1 Å². The molecule has 2 aromatic heterocycles. The Labute approximate surface area is 167 Å². The van der Waals surface area contributed by atoms with Crippen LogP contribution in [0.2, 0.25) is 0 Å². The first-order valence-corrected chi connectivity index (χ1v) is 9.03. The number of aromatic hydroxyl groups is 1. The third-order valence-corrected chi connectivity index (χ3v) is 4.55. The Bertz CT molecular complexity index is 1120. The molecule has 3 aromatic rings. The highest BCUT2D eigenvalue weighted by Crippen LogP contribution is 2.30. The fourth-order valence-corrected chi connectivity index (χ4v) is 3.20. The van der Waals surface area contributed by atoms with E-state index in [0.29, 0.717) is 11.3 Å². The van der Waals surface area contributed by atoms with Gasteiger partial charge >= 0.3 is 12.1 Å². The summed E-state index contributed by atoms with van der Waals surface area (Å²) >= 11 is 1.19. The molecule has 1 aromatic carbocycles. The zero-order valence-electron chi connectivity index (χ0n) is 15.0. The van der Waals surface area contributed by atoms with Gasteiger partial charge in [0.15, 0.2) is 5.69 Å². The summed E-state index contributed by atoms with van der Waals surface area (Å²) in [7, 11) is 1.51. The zero-order valence-corrected chi connectivity index (χ0v) is 15.8. The summed E-state index contributed by atoms with van der Waals surface area (Å²) in [5.41, 5.74) is -0.608. The molecule has 0 bridgehead atoms. The number of amides is 1. The Morgan fingerprint density at radius 1 is 1.28 bits per heavy atom. The molecule has 29 heavy (non-hydrogen) atoms. The molecule has 150 valence electrons. The van der Waals surface area contributed by atoms with E-state index in [0.717, 1.165) is 0 Å². The van der Waals surface area contributed by atoms with Crippen LogP contribution in [0, 0.1) is 0 Å². The summed E-state index contributed by atoms with van der Waals surface area (Å²) in [5.74, 6) is -2.10. The van der Waals surface area contributed by atoms with E-state index < -0.39 is 29.1 Å². The van der Waals surface area contributed by atoms with E-state index in [2.05, 4.69) is 15.3 Å². The van der Waals surface area contributed by atoms with Crippen molar-refractivity contribution < 1.29 is 29.3 Å². The second-order valence-corrected chi connectivity index (χ2v) is 6.37. The van der Waals surface area contributed by atoms with Crippen molar-refractivity contribution in [3.05, 3.63) is 56.6 Å². The Morgan fingerprint density at radius 2 is 2.03 bits per heavy atom. The third-order valence-electron chi connectivity index (χ3n) is 3.80. The number of anilines is 1. The molecule has 0 saturated carbocycles. The summed E-state index contributed by atoms with van der Waals surface area (Å²) in [6.07, 6.45) is -0.768. The van der Waals surface area contributed by atoms with Gasteiger partial charge in [0.05, 0.1) is 18.4 Å². The fraction of sp³-hybridized carbons (Fsp3) is 0.111. The number of H-pyrrole nitrogens is 1. The summed E-state index contributed by atoms with van der Waals surface area (Å²) in [5, 5.41) is 24.2. The van der Waals surface area contributed by atoms with Crippen LogP contribution < -0.4 is 15.6 Å². The predicted octanol–water partition coefficient (Wildman–Crippen LogP) is 2.66. The lowest BCUT2D eigenvalue weighted by atomic mass is 10.2. The molecule has 1 amide bonds. The molecule has 0 atom stereocenters. The Kier molecular flexibility index (Phi) is 5.79. The van der Waals surface area contributed by atoms with E-state index >= 15 is 0 Å². The van der Waals surface area contributed by atoms with Gasteiger partial charge in [-0.1, -0.05) is 18.2 Å². The third kappa shape index (κ3) is 4.35. The first kappa shape index (κ1) is 19.9. The van der Waals surface area contributed by atoms with E-state index in [-0.39, 0.29) is 23.7 Å². The Hall–Kier alpha value is -3.86. The summed E-state index contributed by atoms with van der Waals surface area (Å²) in [6.45, 7) is -0.0349.